The van der Waals surface area contributed by atoms with Crippen LogP contribution < -0.4 is 0 Å². The lowest BCUT2D eigenvalue weighted by molar-refractivity contribution is -0.384. The van der Waals surface area contributed by atoms with Crippen LogP contribution in [0.4, 0.5) is 5.69 Å². The van der Waals surface area contributed by atoms with E-state index in [1.54, 1.807) is 19.1 Å². The van der Waals surface area contributed by atoms with Gasteiger partial charge in [-0.25, -0.2) is 4.98 Å². The first-order valence-corrected chi connectivity index (χ1v) is 8.95. The van der Waals surface area contributed by atoms with Gasteiger partial charge in [-0.05, 0) is 42.8 Å². The topological polar surface area (TPSA) is 109 Å². The molecule has 0 aliphatic heterocycles. The predicted octanol–water partition coefficient (Wildman–Crippen LogP) is 6.18. The van der Waals surface area contributed by atoms with Crippen LogP contribution in [0.5, 0.6) is 0 Å². The lowest BCUT2D eigenvalue weighted by atomic mass is 10.1. The van der Waals surface area contributed by atoms with Gasteiger partial charge >= 0.3 is 0 Å². The maximum Gasteiger partial charge on any atom is 0.280 e. The zero-order valence-electron chi connectivity index (χ0n) is 15.5. The molecule has 7 nitrogen and oxygen atoms in total. The van der Waals surface area contributed by atoms with Crippen molar-refractivity contribution in [2.24, 2.45) is 0 Å². The van der Waals surface area contributed by atoms with Crippen LogP contribution in [0.2, 0.25) is 5.02 Å². The fourth-order valence-electron chi connectivity index (χ4n) is 2.97. The van der Waals surface area contributed by atoms with Crippen molar-refractivity contribution in [1.29, 1.82) is 5.26 Å². The number of nitrogens with zero attached hydrogens (tertiary/aromatic N) is 3. The fraction of sp³-hybridized carbons (Fsp3) is 0.0476. The molecule has 9 heteroatoms. The van der Waals surface area contributed by atoms with E-state index in [1.165, 1.54) is 18.2 Å². The highest BCUT2D eigenvalue weighted by molar-refractivity contribution is 6.31. The number of H-pyrrole nitrogens is 1. The Hall–Kier alpha value is -3.60. The molecule has 150 valence electrons. The van der Waals surface area contributed by atoms with Crippen molar-refractivity contribution in [3.8, 4) is 17.4 Å². The van der Waals surface area contributed by atoms with Crippen molar-refractivity contribution in [2.45, 2.75) is 6.92 Å². The van der Waals surface area contributed by atoms with Gasteiger partial charge in [0.1, 0.15) is 23.4 Å². The second-order valence-electron chi connectivity index (χ2n) is 6.35. The van der Waals surface area contributed by atoms with Crippen LogP contribution in [-0.2, 0) is 0 Å². The molecule has 0 fully saturated rings. The van der Waals surface area contributed by atoms with Gasteiger partial charge in [-0.3, -0.25) is 10.1 Å². The van der Waals surface area contributed by atoms with Gasteiger partial charge < -0.3 is 9.40 Å². The van der Waals surface area contributed by atoms with Crippen molar-refractivity contribution >= 4 is 52.4 Å². The summed E-state index contributed by atoms with van der Waals surface area (Å²) in [6.07, 6.45) is 1.53. The smallest absolute Gasteiger partial charge is 0.280 e. The summed E-state index contributed by atoms with van der Waals surface area (Å²) in [7, 11) is 0. The van der Waals surface area contributed by atoms with Crippen molar-refractivity contribution < 1.29 is 9.34 Å². The van der Waals surface area contributed by atoms with E-state index >= 15 is 0 Å². The first kappa shape index (κ1) is 21.1. The van der Waals surface area contributed by atoms with Crippen molar-refractivity contribution in [1.82, 2.24) is 9.97 Å². The van der Waals surface area contributed by atoms with E-state index in [-0.39, 0.29) is 35.0 Å². The standard InChI is InChI=1S/C21H13ClN4O3.ClH/c1-12-8-19(26(27)28)15(10-16(12)22)20-7-6-14(29-20)9-13(11-23)21-24-17-4-2-3-5-18(17)25-21;/h2-10H,1H3,(H,24,25);1H/b13-9+;. The third-order valence-corrected chi connectivity index (χ3v) is 4.82. The molecule has 0 saturated carbocycles. The lowest BCUT2D eigenvalue weighted by Gasteiger charge is -2.03. The Bertz CT molecular complexity index is 1300. The second-order valence-corrected chi connectivity index (χ2v) is 6.76. The highest BCUT2D eigenvalue weighted by Gasteiger charge is 2.20. The molecule has 1 N–H and O–H groups in total. The Morgan fingerprint density at radius 1 is 1.30 bits per heavy atom. The second kappa shape index (κ2) is 8.41. The van der Waals surface area contributed by atoms with Gasteiger partial charge in [-0.15, -0.1) is 12.4 Å². The lowest BCUT2D eigenvalue weighted by Crippen LogP contribution is -1.93. The maximum atomic E-state index is 11.4. The number of hydrogen-bond donors (Lipinski definition) is 1. The minimum atomic E-state index is -0.480. The monoisotopic (exact) mass is 440 g/mol. The van der Waals surface area contributed by atoms with E-state index in [0.717, 1.165) is 11.0 Å². The van der Waals surface area contributed by atoms with Crippen molar-refractivity contribution in [3.63, 3.8) is 0 Å². The van der Waals surface area contributed by atoms with Crippen LogP contribution in [0.25, 0.3) is 34.0 Å². The molecule has 0 aliphatic carbocycles. The molecule has 0 bridgehead atoms. The molecular formula is C21H14Cl2N4O3. The third kappa shape index (κ3) is 3.92. The zero-order valence-corrected chi connectivity index (χ0v) is 17.1. The number of fused-ring (bicyclic) bond motifs is 1. The summed E-state index contributed by atoms with van der Waals surface area (Å²) in [6.45, 7) is 1.70. The first-order valence-electron chi connectivity index (χ1n) is 8.58. The van der Waals surface area contributed by atoms with Gasteiger partial charge in [0.05, 0.1) is 27.1 Å². The molecule has 0 radical (unpaired) electrons. The number of furan rings is 1. The van der Waals surface area contributed by atoms with Crippen LogP contribution in [0.3, 0.4) is 0 Å². The molecule has 0 atom stereocenters. The summed E-state index contributed by atoms with van der Waals surface area (Å²) in [4.78, 5) is 18.4. The summed E-state index contributed by atoms with van der Waals surface area (Å²) in [5, 5.41) is 21.4. The largest absolute Gasteiger partial charge is 0.456 e. The first-order chi connectivity index (χ1) is 14.0. The Labute approximate surface area is 182 Å². The summed E-state index contributed by atoms with van der Waals surface area (Å²) in [6, 6.07) is 15.7. The number of aryl methyl sites for hydroxylation is 1. The molecule has 0 unspecified atom stereocenters. The Balaban J connectivity index is 0.00000256. The van der Waals surface area contributed by atoms with Gasteiger partial charge in [0.15, 0.2) is 0 Å². The highest BCUT2D eigenvalue weighted by atomic mass is 35.5. The molecule has 2 aromatic carbocycles. The van der Waals surface area contributed by atoms with Crippen molar-refractivity contribution in [3.05, 3.63) is 80.8 Å². The number of nitro benzene ring substituents is 1. The summed E-state index contributed by atoms with van der Waals surface area (Å²) < 4.78 is 5.75. The molecule has 0 aliphatic rings. The SMILES string of the molecule is Cc1cc([N+](=O)[O-])c(-c2ccc(/C=C(\C#N)c3nc4ccccc4[nH]3)o2)cc1Cl.Cl. The zero-order chi connectivity index (χ0) is 20.5. The minimum absolute atomic E-state index is 0. The molecule has 2 aromatic heterocycles. The average Bonchev–Trinajstić information content (AvgIpc) is 3.34. The number of imidazole rings is 1. The Morgan fingerprint density at radius 2 is 2.07 bits per heavy atom. The maximum absolute atomic E-state index is 11.4. The van der Waals surface area contributed by atoms with Crippen LogP contribution in [0.1, 0.15) is 17.1 Å². The number of allylic oxidation sites excluding steroid dienone is 1. The highest BCUT2D eigenvalue weighted by Crippen LogP contribution is 2.36. The third-order valence-electron chi connectivity index (χ3n) is 4.42. The number of benzene rings is 2. The number of aromatic nitrogens is 2. The van der Waals surface area contributed by atoms with E-state index in [9.17, 15) is 15.4 Å². The molecule has 4 aromatic rings. The number of aromatic amines is 1. The molecule has 2 heterocycles. The van der Waals surface area contributed by atoms with E-state index in [2.05, 4.69) is 16.0 Å². The molecule has 0 amide bonds. The molecule has 4 rings (SSSR count). The summed E-state index contributed by atoms with van der Waals surface area (Å²) in [5.41, 5.74) is 2.61. The fourth-order valence-corrected chi connectivity index (χ4v) is 3.13. The summed E-state index contributed by atoms with van der Waals surface area (Å²) in [5.74, 6) is 1.06. The number of nitrogens with one attached hydrogen (secondary N) is 1. The van der Waals surface area contributed by atoms with Gasteiger partial charge in [0.2, 0.25) is 0 Å². The molecule has 30 heavy (non-hydrogen) atoms. The number of hydrogen-bond acceptors (Lipinski definition) is 5. The van der Waals surface area contributed by atoms with E-state index in [0.29, 0.717) is 22.2 Å². The van der Waals surface area contributed by atoms with Crippen LogP contribution in [0, 0.1) is 28.4 Å². The predicted molar refractivity (Wildman–Crippen MR) is 117 cm³/mol. The molecule has 0 spiro atoms. The van der Waals surface area contributed by atoms with Gasteiger partial charge in [-0.1, -0.05) is 23.7 Å². The molecule has 0 saturated heterocycles. The normalized spacial score (nSPS) is 11.2. The summed E-state index contributed by atoms with van der Waals surface area (Å²) >= 11 is 6.14. The number of nitro groups is 1. The van der Waals surface area contributed by atoms with Crippen LogP contribution in [0.15, 0.2) is 52.9 Å². The number of para-hydroxylation sites is 2. The number of rotatable bonds is 4. The Morgan fingerprint density at radius 3 is 2.77 bits per heavy atom. The van der Waals surface area contributed by atoms with E-state index < -0.39 is 4.92 Å². The van der Waals surface area contributed by atoms with Gasteiger partial charge in [-0.2, -0.15) is 5.26 Å². The number of nitriles is 1. The van der Waals surface area contributed by atoms with Gasteiger partial charge in [0.25, 0.3) is 5.69 Å². The van der Waals surface area contributed by atoms with E-state index in [4.69, 9.17) is 16.0 Å². The quantitative estimate of drug-likeness (QED) is 0.231. The number of halogens is 2. The van der Waals surface area contributed by atoms with Gasteiger partial charge in [0, 0.05) is 17.2 Å². The minimum Gasteiger partial charge on any atom is -0.456 e. The van der Waals surface area contributed by atoms with Crippen LogP contribution in [-0.4, -0.2) is 14.9 Å². The average molecular weight is 441 g/mol. The van der Waals surface area contributed by atoms with Crippen LogP contribution >= 0.6 is 24.0 Å². The molecular weight excluding hydrogens is 427 g/mol. The Kier molecular flexibility index (Phi) is 5.92. The van der Waals surface area contributed by atoms with E-state index in [1.807, 2.05) is 24.3 Å². The van der Waals surface area contributed by atoms with Crippen molar-refractivity contribution in [2.75, 3.05) is 0 Å².